The molecule has 0 atom stereocenters. The molecule has 2 N–H and O–H groups in total. The third-order valence-electron chi connectivity index (χ3n) is 4.51. The van der Waals surface area contributed by atoms with Crippen molar-refractivity contribution in [3.05, 3.63) is 48.0 Å². The van der Waals surface area contributed by atoms with E-state index < -0.39 is 0 Å². The van der Waals surface area contributed by atoms with Crippen molar-refractivity contribution < 1.29 is 23.4 Å². The molecule has 0 spiro atoms. The van der Waals surface area contributed by atoms with E-state index in [1.54, 1.807) is 45.4 Å². The number of aryl methyl sites for hydroxylation is 1. The Balaban J connectivity index is 0.00000124. The molecule has 2 heterocycles. The fourth-order valence-corrected chi connectivity index (χ4v) is 3.25. The molecule has 4 rings (SSSR count). The van der Waals surface area contributed by atoms with Crippen molar-refractivity contribution in [3.8, 4) is 23.1 Å². The number of Topliss-reactive ketones (excluding diaryl/α,β-unsaturated/α-hetero) is 1. The van der Waals surface area contributed by atoms with Crippen molar-refractivity contribution in [2.75, 3.05) is 21.3 Å². The zero-order chi connectivity index (χ0) is 21.8. The second-order valence-electron chi connectivity index (χ2n) is 6.25. The Hall–Kier alpha value is -3.65. The molecule has 0 aliphatic heterocycles. The van der Waals surface area contributed by atoms with E-state index in [1.165, 1.54) is 20.3 Å². The molecule has 156 valence electrons. The van der Waals surface area contributed by atoms with E-state index in [4.69, 9.17) is 18.6 Å². The molecule has 2 aromatic carbocycles. The number of fused-ring (bicyclic) bond motifs is 2. The van der Waals surface area contributed by atoms with Crippen LogP contribution in [-0.2, 0) is 0 Å². The molecule has 30 heavy (non-hydrogen) atoms. The van der Waals surface area contributed by atoms with Crippen LogP contribution in [0.2, 0.25) is 0 Å². The summed E-state index contributed by atoms with van der Waals surface area (Å²) in [6.45, 7) is 3.30. The second kappa shape index (κ2) is 8.79. The summed E-state index contributed by atoms with van der Waals surface area (Å²) in [7, 11) is 4.63. The van der Waals surface area contributed by atoms with Crippen molar-refractivity contribution >= 4 is 27.7 Å². The van der Waals surface area contributed by atoms with Crippen LogP contribution in [0.3, 0.4) is 0 Å². The highest BCUT2D eigenvalue weighted by atomic mass is 16.5. The quantitative estimate of drug-likeness (QED) is 0.487. The summed E-state index contributed by atoms with van der Waals surface area (Å²) in [5.74, 6) is 2.59. The van der Waals surface area contributed by atoms with Gasteiger partial charge in [0.25, 0.3) is 0 Å². The molecule has 0 fully saturated rings. The average Bonchev–Trinajstić information content (AvgIpc) is 3.09. The summed E-state index contributed by atoms with van der Waals surface area (Å²) in [4.78, 5) is 20.4. The van der Waals surface area contributed by atoms with Gasteiger partial charge in [0, 0.05) is 17.5 Å². The number of methoxy groups -OCH3 is 2. The molecule has 4 aromatic rings. The van der Waals surface area contributed by atoms with Crippen molar-refractivity contribution in [2.24, 2.45) is 5.73 Å². The average molecular weight is 409 g/mol. The van der Waals surface area contributed by atoms with E-state index in [-0.39, 0.29) is 5.78 Å². The number of hydrogen-bond acceptors (Lipinski definition) is 8. The number of aromatic nitrogens is 2. The first-order valence-electron chi connectivity index (χ1n) is 9.18. The van der Waals surface area contributed by atoms with Crippen molar-refractivity contribution in [1.29, 1.82) is 0 Å². The maximum atomic E-state index is 11.8. The van der Waals surface area contributed by atoms with E-state index in [9.17, 15) is 4.79 Å². The number of nitrogens with two attached hydrogens (primary N) is 1. The van der Waals surface area contributed by atoms with Crippen LogP contribution in [0.4, 0.5) is 0 Å². The molecule has 0 radical (unpaired) electrons. The standard InChI is InChI=1S/C21H18N2O5.CH5N/c1-11(24)20-12(2)27-17-7-13(5-6-14(17)20)28-21-15-8-18(25-3)19(26-4)9-16(15)22-10-23-21;1-2/h5-10H,1-4H3;2H2,1H3. The Labute approximate surface area is 173 Å². The Morgan fingerprint density at radius 2 is 1.70 bits per heavy atom. The lowest BCUT2D eigenvalue weighted by atomic mass is 10.1. The first-order chi connectivity index (χ1) is 14.5. The van der Waals surface area contributed by atoms with Gasteiger partial charge in [-0.05, 0) is 39.1 Å². The van der Waals surface area contributed by atoms with Crippen LogP contribution in [0, 0.1) is 6.92 Å². The monoisotopic (exact) mass is 409 g/mol. The Kier molecular flexibility index (Phi) is 6.17. The first kappa shape index (κ1) is 21.1. The Morgan fingerprint density at radius 3 is 2.37 bits per heavy atom. The van der Waals surface area contributed by atoms with E-state index in [0.717, 1.165) is 5.39 Å². The summed E-state index contributed by atoms with van der Waals surface area (Å²) in [5, 5.41) is 1.44. The molecule has 0 saturated heterocycles. The molecular weight excluding hydrogens is 386 g/mol. The number of hydrogen-bond donors (Lipinski definition) is 1. The normalized spacial score (nSPS) is 10.5. The summed E-state index contributed by atoms with van der Waals surface area (Å²) < 4.78 is 22.4. The lowest BCUT2D eigenvalue weighted by Gasteiger charge is -2.11. The Bertz CT molecular complexity index is 1220. The van der Waals surface area contributed by atoms with Gasteiger partial charge in [0.15, 0.2) is 17.3 Å². The highest BCUT2D eigenvalue weighted by molar-refractivity contribution is 6.07. The number of carbonyl (C=O) groups excluding carboxylic acids is 1. The van der Waals surface area contributed by atoms with Crippen molar-refractivity contribution in [3.63, 3.8) is 0 Å². The smallest absolute Gasteiger partial charge is 0.230 e. The lowest BCUT2D eigenvalue weighted by Crippen LogP contribution is -1.95. The molecule has 0 saturated carbocycles. The van der Waals surface area contributed by atoms with E-state index in [1.807, 2.05) is 6.07 Å². The third-order valence-corrected chi connectivity index (χ3v) is 4.51. The minimum Gasteiger partial charge on any atom is -0.493 e. The van der Waals surface area contributed by atoms with Gasteiger partial charge in [-0.3, -0.25) is 4.79 Å². The van der Waals surface area contributed by atoms with E-state index >= 15 is 0 Å². The second-order valence-corrected chi connectivity index (χ2v) is 6.25. The molecule has 0 unspecified atom stereocenters. The summed E-state index contributed by atoms with van der Waals surface area (Å²) in [5.41, 5.74) is 6.33. The fraction of sp³-hybridized carbons (Fsp3) is 0.227. The zero-order valence-corrected chi connectivity index (χ0v) is 17.5. The van der Waals surface area contributed by atoms with Gasteiger partial charge < -0.3 is 24.4 Å². The van der Waals surface area contributed by atoms with Gasteiger partial charge in [0.1, 0.15) is 23.4 Å². The Morgan fingerprint density at radius 1 is 1.00 bits per heavy atom. The van der Waals surface area contributed by atoms with Crippen LogP contribution in [0.15, 0.2) is 41.1 Å². The largest absolute Gasteiger partial charge is 0.493 e. The number of ketones is 1. The molecule has 2 aromatic heterocycles. The van der Waals surface area contributed by atoms with Gasteiger partial charge in [-0.2, -0.15) is 0 Å². The summed E-state index contributed by atoms with van der Waals surface area (Å²) in [6.07, 6.45) is 1.42. The van der Waals surface area contributed by atoms with Gasteiger partial charge in [-0.1, -0.05) is 0 Å². The van der Waals surface area contributed by atoms with Crippen LogP contribution in [0.25, 0.3) is 21.9 Å². The number of furan rings is 1. The van der Waals surface area contributed by atoms with Crippen LogP contribution in [-0.4, -0.2) is 37.0 Å². The van der Waals surface area contributed by atoms with Crippen LogP contribution < -0.4 is 19.9 Å². The maximum Gasteiger partial charge on any atom is 0.230 e. The molecule has 0 amide bonds. The molecule has 0 aliphatic carbocycles. The van der Waals surface area contributed by atoms with Crippen molar-refractivity contribution in [1.82, 2.24) is 9.97 Å². The number of ether oxygens (including phenoxy) is 3. The van der Waals surface area contributed by atoms with Crippen LogP contribution in [0.5, 0.6) is 23.1 Å². The van der Waals surface area contributed by atoms with Crippen LogP contribution in [0.1, 0.15) is 23.0 Å². The highest BCUT2D eigenvalue weighted by Gasteiger charge is 2.17. The SMILES string of the molecule is CN.COc1cc2ncnc(Oc3ccc4c(C(C)=O)c(C)oc4c3)c2cc1OC. The minimum absolute atomic E-state index is 0.0345. The summed E-state index contributed by atoms with van der Waals surface area (Å²) >= 11 is 0. The minimum atomic E-state index is -0.0345. The fourth-order valence-electron chi connectivity index (χ4n) is 3.25. The highest BCUT2D eigenvalue weighted by Crippen LogP contribution is 2.36. The maximum absolute atomic E-state index is 11.8. The number of rotatable bonds is 5. The molecule has 8 nitrogen and oxygen atoms in total. The van der Waals surface area contributed by atoms with Gasteiger partial charge in [0.05, 0.1) is 30.7 Å². The molecule has 0 bridgehead atoms. The van der Waals surface area contributed by atoms with Crippen molar-refractivity contribution in [2.45, 2.75) is 13.8 Å². The third kappa shape index (κ3) is 3.77. The van der Waals surface area contributed by atoms with Gasteiger partial charge in [-0.25, -0.2) is 9.97 Å². The number of nitrogens with zero attached hydrogens (tertiary/aromatic N) is 2. The number of benzene rings is 2. The zero-order valence-electron chi connectivity index (χ0n) is 17.5. The number of carbonyl (C=O) groups is 1. The van der Waals surface area contributed by atoms with Crippen LogP contribution >= 0.6 is 0 Å². The van der Waals surface area contributed by atoms with E-state index in [2.05, 4.69) is 15.7 Å². The molecule has 0 aliphatic rings. The topological polar surface area (TPSA) is 110 Å². The van der Waals surface area contributed by atoms with Gasteiger partial charge in [0.2, 0.25) is 5.88 Å². The predicted octanol–water partition coefficient (Wildman–Crippen LogP) is 4.27. The lowest BCUT2D eigenvalue weighted by molar-refractivity contribution is 0.101. The molecule has 8 heteroatoms. The predicted molar refractivity (Wildman–Crippen MR) is 114 cm³/mol. The molecular formula is C22H23N3O5. The van der Waals surface area contributed by atoms with E-state index in [0.29, 0.717) is 50.9 Å². The summed E-state index contributed by atoms with van der Waals surface area (Å²) in [6, 6.07) is 8.86. The first-order valence-corrected chi connectivity index (χ1v) is 9.18. The van der Waals surface area contributed by atoms with Gasteiger partial charge >= 0.3 is 0 Å². The van der Waals surface area contributed by atoms with Gasteiger partial charge in [-0.15, -0.1) is 0 Å².